The lowest BCUT2D eigenvalue weighted by atomic mass is 10.0. The summed E-state index contributed by atoms with van der Waals surface area (Å²) in [5.74, 6) is 0.602. The van der Waals surface area contributed by atoms with Crippen molar-refractivity contribution in [3.8, 4) is 5.75 Å². The first-order valence-electron chi connectivity index (χ1n) is 4.43. The highest BCUT2D eigenvalue weighted by Gasteiger charge is 2.13. The maximum atomic E-state index is 9.66. The first-order valence-corrected chi connectivity index (χ1v) is 4.43. The fourth-order valence-corrected chi connectivity index (χ4v) is 1.24. The van der Waals surface area contributed by atoms with Crippen LogP contribution in [0.25, 0.3) is 0 Å². The van der Waals surface area contributed by atoms with Gasteiger partial charge in [0, 0.05) is 6.04 Å². The van der Waals surface area contributed by atoms with Gasteiger partial charge in [0.2, 0.25) is 0 Å². The third kappa shape index (κ3) is 2.16. The van der Waals surface area contributed by atoms with Gasteiger partial charge in [0.25, 0.3) is 0 Å². The first-order chi connectivity index (χ1) is 6.56. The molecule has 14 heavy (non-hydrogen) atoms. The second-order valence-corrected chi connectivity index (χ2v) is 3.31. The predicted molar refractivity (Wildman–Crippen MR) is 56.0 cm³/mol. The molecule has 0 bridgehead atoms. The number of benzene rings is 1. The van der Waals surface area contributed by atoms with Gasteiger partial charge in [-0.25, -0.2) is 0 Å². The second kappa shape index (κ2) is 4.30. The average molecular weight is 196 g/mol. The Morgan fingerprint density at radius 1 is 1.43 bits per heavy atom. The molecule has 0 saturated carbocycles. The molecule has 0 aliphatic heterocycles. The van der Waals surface area contributed by atoms with Crippen LogP contribution in [-0.2, 0) is 0 Å². The van der Waals surface area contributed by atoms with E-state index >= 15 is 0 Å². The molecule has 0 aliphatic carbocycles. The Hall–Kier alpha value is -1.26. The summed E-state index contributed by atoms with van der Waals surface area (Å²) in [7, 11) is 1.55. The summed E-state index contributed by atoms with van der Waals surface area (Å²) in [6, 6.07) is 4.83. The number of ether oxygens (including phenoxy) is 1. The van der Waals surface area contributed by atoms with E-state index in [1.54, 1.807) is 32.2 Å². The Kier molecular flexibility index (Phi) is 3.33. The van der Waals surface area contributed by atoms with Gasteiger partial charge >= 0.3 is 0 Å². The summed E-state index contributed by atoms with van der Waals surface area (Å²) in [5.41, 5.74) is 12.5. The number of aliphatic hydroxyl groups excluding tert-OH is 1. The molecule has 0 spiro atoms. The monoisotopic (exact) mass is 196 g/mol. The molecule has 0 heterocycles. The lowest BCUT2D eigenvalue weighted by Crippen LogP contribution is -2.24. The SMILES string of the molecule is COc1ccc(C(O)C(C)N)cc1N. The third-order valence-corrected chi connectivity index (χ3v) is 2.09. The van der Waals surface area contributed by atoms with Gasteiger partial charge in [-0.2, -0.15) is 0 Å². The number of nitrogen functional groups attached to an aromatic ring is 1. The van der Waals surface area contributed by atoms with Crippen LogP contribution in [0.3, 0.4) is 0 Å². The Morgan fingerprint density at radius 2 is 2.07 bits per heavy atom. The van der Waals surface area contributed by atoms with Crippen LogP contribution in [0.4, 0.5) is 5.69 Å². The van der Waals surface area contributed by atoms with Crippen LogP contribution in [0, 0.1) is 0 Å². The standard InChI is InChI=1S/C10H16N2O2/c1-6(11)10(13)7-3-4-9(14-2)8(12)5-7/h3-6,10,13H,11-12H2,1-2H3. The van der Waals surface area contributed by atoms with Crippen molar-refractivity contribution in [2.45, 2.75) is 19.1 Å². The summed E-state index contributed by atoms with van der Waals surface area (Å²) >= 11 is 0. The van der Waals surface area contributed by atoms with Gasteiger partial charge in [0.15, 0.2) is 0 Å². The molecule has 0 fully saturated rings. The number of aliphatic hydroxyl groups is 1. The van der Waals surface area contributed by atoms with Gasteiger partial charge in [-0.3, -0.25) is 0 Å². The van der Waals surface area contributed by atoms with E-state index in [9.17, 15) is 5.11 Å². The van der Waals surface area contributed by atoms with Gasteiger partial charge < -0.3 is 21.3 Å². The number of hydrogen-bond donors (Lipinski definition) is 3. The molecule has 0 aromatic heterocycles. The molecule has 5 N–H and O–H groups in total. The van der Waals surface area contributed by atoms with E-state index in [-0.39, 0.29) is 6.04 Å². The fraction of sp³-hybridized carbons (Fsp3) is 0.400. The first kappa shape index (κ1) is 10.8. The highest BCUT2D eigenvalue weighted by Crippen LogP contribution is 2.25. The van der Waals surface area contributed by atoms with Crippen LogP contribution in [0.5, 0.6) is 5.75 Å². The van der Waals surface area contributed by atoms with Crippen molar-refractivity contribution in [1.29, 1.82) is 0 Å². The van der Waals surface area contributed by atoms with Crippen molar-refractivity contribution in [2.24, 2.45) is 5.73 Å². The lowest BCUT2D eigenvalue weighted by molar-refractivity contribution is 0.153. The van der Waals surface area contributed by atoms with E-state index in [0.717, 1.165) is 0 Å². The topological polar surface area (TPSA) is 81.5 Å². The van der Waals surface area contributed by atoms with E-state index < -0.39 is 6.10 Å². The number of hydrogen-bond acceptors (Lipinski definition) is 4. The predicted octanol–water partition coefficient (Wildman–Crippen LogP) is 0.658. The van der Waals surface area contributed by atoms with Crippen molar-refractivity contribution in [2.75, 3.05) is 12.8 Å². The van der Waals surface area contributed by atoms with Gasteiger partial charge in [-0.05, 0) is 24.6 Å². The largest absolute Gasteiger partial charge is 0.495 e. The van der Waals surface area contributed by atoms with Crippen LogP contribution < -0.4 is 16.2 Å². The van der Waals surface area contributed by atoms with E-state index in [1.165, 1.54) is 0 Å². The molecule has 0 amide bonds. The third-order valence-electron chi connectivity index (χ3n) is 2.09. The minimum atomic E-state index is -0.691. The molecule has 0 aliphatic rings. The number of nitrogens with two attached hydrogens (primary N) is 2. The average Bonchev–Trinajstić information content (AvgIpc) is 2.16. The van der Waals surface area contributed by atoms with E-state index in [1.807, 2.05) is 0 Å². The smallest absolute Gasteiger partial charge is 0.141 e. The fourth-order valence-electron chi connectivity index (χ4n) is 1.24. The zero-order valence-electron chi connectivity index (χ0n) is 8.40. The molecule has 1 aromatic rings. The van der Waals surface area contributed by atoms with Crippen molar-refractivity contribution in [3.05, 3.63) is 23.8 Å². The van der Waals surface area contributed by atoms with Crippen LogP contribution in [0.2, 0.25) is 0 Å². The highest BCUT2D eigenvalue weighted by molar-refractivity contribution is 5.54. The molecule has 4 heteroatoms. The molecule has 1 rings (SSSR count). The molecule has 4 nitrogen and oxygen atoms in total. The van der Waals surface area contributed by atoms with Gasteiger partial charge in [0.05, 0.1) is 18.9 Å². The molecule has 0 saturated heterocycles. The van der Waals surface area contributed by atoms with Crippen LogP contribution in [0.15, 0.2) is 18.2 Å². The molecule has 1 aromatic carbocycles. The summed E-state index contributed by atoms with van der Waals surface area (Å²) in [6.07, 6.45) is -0.691. The maximum absolute atomic E-state index is 9.66. The Labute approximate surface area is 83.5 Å². The maximum Gasteiger partial charge on any atom is 0.141 e. The molecule has 2 atom stereocenters. The molecular weight excluding hydrogens is 180 g/mol. The summed E-state index contributed by atoms with van der Waals surface area (Å²) < 4.78 is 5.00. The lowest BCUT2D eigenvalue weighted by Gasteiger charge is -2.16. The molecule has 0 radical (unpaired) electrons. The van der Waals surface area contributed by atoms with Gasteiger partial charge in [0.1, 0.15) is 5.75 Å². The van der Waals surface area contributed by atoms with E-state index in [4.69, 9.17) is 16.2 Å². The van der Waals surface area contributed by atoms with E-state index in [0.29, 0.717) is 17.0 Å². The Balaban J connectivity index is 2.96. The quantitative estimate of drug-likeness (QED) is 0.620. The minimum Gasteiger partial charge on any atom is -0.495 e. The highest BCUT2D eigenvalue weighted by atomic mass is 16.5. The summed E-state index contributed by atoms with van der Waals surface area (Å²) in [4.78, 5) is 0. The number of methoxy groups -OCH3 is 1. The Bertz CT molecular complexity index is 313. The van der Waals surface area contributed by atoms with Gasteiger partial charge in [-0.15, -0.1) is 0 Å². The van der Waals surface area contributed by atoms with Crippen LogP contribution in [-0.4, -0.2) is 18.3 Å². The normalized spacial score (nSPS) is 14.9. The van der Waals surface area contributed by atoms with Crippen LogP contribution >= 0.6 is 0 Å². The summed E-state index contributed by atoms with van der Waals surface area (Å²) in [5, 5.41) is 9.66. The summed E-state index contributed by atoms with van der Waals surface area (Å²) in [6.45, 7) is 1.74. The Morgan fingerprint density at radius 3 is 2.50 bits per heavy atom. The van der Waals surface area contributed by atoms with Gasteiger partial charge in [-0.1, -0.05) is 6.07 Å². The number of rotatable bonds is 3. The zero-order chi connectivity index (χ0) is 10.7. The second-order valence-electron chi connectivity index (χ2n) is 3.31. The molecule has 2 unspecified atom stereocenters. The van der Waals surface area contributed by atoms with Crippen molar-refractivity contribution < 1.29 is 9.84 Å². The van der Waals surface area contributed by atoms with Crippen molar-refractivity contribution in [3.63, 3.8) is 0 Å². The van der Waals surface area contributed by atoms with E-state index in [2.05, 4.69) is 0 Å². The minimum absolute atomic E-state index is 0.317. The molecule has 78 valence electrons. The zero-order valence-corrected chi connectivity index (χ0v) is 8.40. The van der Waals surface area contributed by atoms with Crippen molar-refractivity contribution >= 4 is 5.69 Å². The van der Waals surface area contributed by atoms with Crippen molar-refractivity contribution in [1.82, 2.24) is 0 Å². The number of anilines is 1. The van der Waals surface area contributed by atoms with Crippen LogP contribution in [0.1, 0.15) is 18.6 Å². The molecular formula is C10H16N2O2.